The molecule has 0 fully saturated rings. The smallest absolute Gasteiger partial charge is 0.291 e. The number of carbonyl (C=O) groups excluding carboxylic acids is 1. The maximum Gasteiger partial charge on any atom is 0.291 e. The van der Waals surface area contributed by atoms with E-state index in [1.165, 1.54) is 4.68 Å². The number of aryl methyl sites for hydroxylation is 1. The summed E-state index contributed by atoms with van der Waals surface area (Å²) >= 11 is 0. The highest BCUT2D eigenvalue weighted by Gasteiger charge is 2.21. The van der Waals surface area contributed by atoms with Gasteiger partial charge in [-0.05, 0) is 25.5 Å². The first-order chi connectivity index (χ1) is 12.6. The van der Waals surface area contributed by atoms with Crippen molar-refractivity contribution in [2.75, 3.05) is 0 Å². The Morgan fingerprint density at radius 2 is 2.19 bits per heavy atom. The molecule has 8 nitrogen and oxygen atoms in total. The number of pyridine rings is 1. The molecule has 0 aliphatic carbocycles. The summed E-state index contributed by atoms with van der Waals surface area (Å²) in [5.74, 6) is 0.311. The fraction of sp³-hybridized carbons (Fsp3) is 0.222. The molecule has 8 heteroatoms. The molecule has 0 saturated heterocycles. The summed E-state index contributed by atoms with van der Waals surface area (Å²) in [6, 6.07) is 6.38. The van der Waals surface area contributed by atoms with Gasteiger partial charge in [-0.2, -0.15) is 5.10 Å². The summed E-state index contributed by atoms with van der Waals surface area (Å²) in [6.45, 7) is 3.77. The molecule has 4 aromatic heterocycles. The number of fused-ring (bicyclic) bond motifs is 3. The third-order valence-corrected chi connectivity index (χ3v) is 4.36. The fourth-order valence-corrected chi connectivity index (χ4v) is 3.01. The van der Waals surface area contributed by atoms with Crippen molar-refractivity contribution in [3.63, 3.8) is 0 Å². The number of carbonyl (C=O) groups is 1. The van der Waals surface area contributed by atoms with E-state index in [4.69, 9.17) is 4.42 Å². The second kappa shape index (κ2) is 6.14. The number of hydrogen-bond acceptors (Lipinski definition) is 5. The van der Waals surface area contributed by atoms with Crippen LogP contribution < -0.4 is 10.9 Å². The van der Waals surface area contributed by atoms with E-state index in [2.05, 4.69) is 15.4 Å². The molecule has 4 rings (SSSR count). The van der Waals surface area contributed by atoms with Crippen LogP contribution in [0.1, 0.15) is 24.4 Å². The van der Waals surface area contributed by atoms with Gasteiger partial charge in [0, 0.05) is 31.1 Å². The summed E-state index contributed by atoms with van der Waals surface area (Å²) in [6.07, 6.45) is 4.92. The highest BCUT2D eigenvalue weighted by Crippen LogP contribution is 2.20. The first kappa shape index (κ1) is 16.1. The maximum absolute atomic E-state index is 12.8. The Morgan fingerprint density at radius 1 is 1.35 bits per heavy atom. The topological polar surface area (TPSA) is 94.4 Å². The second-order valence-corrected chi connectivity index (χ2v) is 6.09. The summed E-state index contributed by atoms with van der Waals surface area (Å²) in [5.41, 5.74) is 2.36. The van der Waals surface area contributed by atoms with Crippen molar-refractivity contribution in [3.8, 4) is 0 Å². The van der Waals surface area contributed by atoms with Gasteiger partial charge in [0.15, 0.2) is 5.58 Å². The Kier molecular flexibility index (Phi) is 3.80. The molecule has 0 saturated carbocycles. The Hall–Kier alpha value is -3.42. The minimum absolute atomic E-state index is 0.289. The van der Waals surface area contributed by atoms with E-state index < -0.39 is 6.04 Å². The molecule has 0 radical (unpaired) electrons. The quantitative estimate of drug-likeness (QED) is 0.605. The minimum atomic E-state index is -0.746. The molecule has 132 valence electrons. The maximum atomic E-state index is 12.8. The zero-order valence-corrected chi connectivity index (χ0v) is 14.3. The molecule has 1 amide bonds. The average molecular weight is 351 g/mol. The predicted octanol–water partition coefficient (Wildman–Crippen LogP) is 1.82. The lowest BCUT2D eigenvalue weighted by molar-refractivity contribution is -0.124. The first-order valence-corrected chi connectivity index (χ1v) is 8.21. The molecule has 4 aromatic rings. The molecular formula is C18H17N5O3. The van der Waals surface area contributed by atoms with E-state index in [0.29, 0.717) is 23.5 Å². The zero-order chi connectivity index (χ0) is 18.3. The molecule has 0 aliphatic heterocycles. The van der Waals surface area contributed by atoms with Gasteiger partial charge in [0.2, 0.25) is 5.91 Å². The molecule has 4 heterocycles. The minimum Gasteiger partial charge on any atom is -0.463 e. The van der Waals surface area contributed by atoms with Crippen molar-refractivity contribution in [2.24, 2.45) is 0 Å². The van der Waals surface area contributed by atoms with Crippen LogP contribution in [0.4, 0.5) is 0 Å². The van der Waals surface area contributed by atoms with E-state index >= 15 is 0 Å². The lowest BCUT2D eigenvalue weighted by Gasteiger charge is -2.15. The Bertz CT molecular complexity index is 1160. The molecule has 0 aliphatic rings. The summed E-state index contributed by atoms with van der Waals surface area (Å²) in [7, 11) is 0. The van der Waals surface area contributed by atoms with Crippen molar-refractivity contribution in [3.05, 3.63) is 64.7 Å². The van der Waals surface area contributed by atoms with Crippen molar-refractivity contribution < 1.29 is 9.21 Å². The molecule has 26 heavy (non-hydrogen) atoms. The predicted molar refractivity (Wildman–Crippen MR) is 94.8 cm³/mol. The van der Waals surface area contributed by atoms with Gasteiger partial charge in [-0.3, -0.25) is 19.0 Å². The number of amides is 1. The van der Waals surface area contributed by atoms with Crippen molar-refractivity contribution >= 4 is 22.5 Å². The molecule has 0 aromatic carbocycles. The largest absolute Gasteiger partial charge is 0.463 e. The van der Waals surface area contributed by atoms with Crippen LogP contribution in [0.5, 0.6) is 0 Å². The first-order valence-electron chi connectivity index (χ1n) is 8.21. The highest BCUT2D eigenvalue weighted by molar-refractivity contribution is 5.83. The number of furan rings is 1. The van der Waals surface area contributed by atoms with E-state index in [0.717, 1.165) is 11.1 Å². The van der Waals surface area contributed by atoms with Crippen molar-refractivity contribution in [1.29, 1.82) is 0 Å². The van der Waals surface area contributed by atoms with E-state index in [1.54, 1.807) is 55.1 Å². The summed E-state index contributed by atoms with van der Waals surface area (Å²) in [4.78, 5) is 29.3. The van der Waals surface area contributed by atoms with Crippen molar-refractivity contribution in [1.82, 2.24) is 24.5 Å². The van der Waals surface area contributed by atoms with Crippen LogP contribution >= 0.6 is 0 Å². The van der Waals surface area contributed by atoms with Crippen LogP contribution in [-0.2, 0) is 11.3 Å². The molecule has 1 atom stereocenters. The lowest BCUT2D eigenvalue weighted by atomic mass is 10.2. The van der Waals surface area contributed by atoms with Gasteiger partial charge in [0.25, 0.3) is 5.56 Å². The van der Waals surface area contributed by atoms with Crippen LogP contribution in [0, 0.1) is 6.92 Å². The van der Waals surface area contributed by atoms with Crippen LogP contribution in [-0.4, -0.2) is 25.1 Å². The normalized spacial score (nSPS) is 12.5. The third-order valence-electron chi connectivity index (χ3n) is 4.36. The van der Waals surface area contributed by atoms with Gasteiger partial charge >= 0.3 is 0 Å². The molecular weight excluding hydrogens is 334 g/mol. The second-order valence-electron chi connectivity index (χ2n) is 6.09. The van der Waals surface area contributed by atoms with Crippen LogP contribution in [0.15, 0.2) is 52.1 Å². The van der Waals surface area contributed by atoms with E-state index in [1.807, 2.05) is 6.07 Å². The van der Waals surface area contributed by atoms with Gasteiger partial charge in [0.05, 0.1) is 11.8 Å². The number of nitrogens with one attached hydrogen (secondary N) is 1. The monoisotopic (exact) mass is 351 g/mol. The van der Waals surface area contributed by atoms with E-state index in [9.17, 15) is 9.59 Å². The molecule has 0 bridgehead atoms. The highest BCUT2D eigenvalue weighted by atomic mass is 16.3. The standard InChI is InChI=1S/C18H17N5O3/c1-11(17(24)20-10-13-4-3-6-19-9-13)23-18(25)15-8-16-14(5-7-26-16)22(15)12(2)21-23/h3-9,11H,10H2,1-2H3,(H,20,24)/t11-/m1/s1. The lowest BCUT2D eigenvalue weighted by Crippen LogP contribution is -2.38. The Balaban J connectivity index is 1.66. The number of nitrogens with zero attached hydrogens (tertiary/aromatic N) is 4. The number of aromatic nitrogens is 4. The number of hydrogen-bond donors (Lipinski definition) is 1. The van der Waals surface area contributed by atoms with Gasteiger partial charge in [-0.15, -0.1) is 0 Å². The van der Waals surface area contributed by atoms with Crippen LogP contribution in [0.2, 0.25) is 0 Å². The third kappa shape index (κ3) is 2.55. The van der Waals surface area contributed by atoms with Gasteiger partial charge in [0.1, 0.15) is 17.4 Å². The molecule has 0 unspecified atom stereocenters. The Morgan fingerprint density at radius 3 is 2.96 bits per heavy atom. The summed E-state index contributed by atoms with van der Waals surface area (Å²) < 4.78 is 8.31. The SMILES string of the molecule is Cc1nn([C@H](C)C(=O)NCc2cccnc2)c(=O)c2cc3occc3n12. The van der Waals surface area contributed by atoms with Crippen LogP contribution in [0.25, 0.3) is 16.6 Å². The molecule has 0 spiro atoms. The van der Waals surface area contributed by atoms with E-state index in [-0.39, 0.29) is 11.5 Å². The average Bonchev–Trinajstić information content (AvgIpc) is 3.24. The number of rotatable bonds is 4. The molecule has 1 N–H and O–H groups in total. The van der Waals surface area contributed by atoms with Gasteiger partial charge in [-0.1, -0.05) is 6.07 Å². The zero-order valence-electron chi connectivity index (χ0n) is 14.3. The Labute approximate surface area is 148 Å². The fourth-order valence-electron chi connectivity index (χ4n) is 3.01. The van der Waals surface area contributed by atoms with Crippen LogP contribution in [0.3, 0.4) is 0 Å². The van der Waals surface area contributed by atoms with Gasteiger partial charge < -0.3 is 9.73 Å². The van der Waals surface area contributed by atoms with Gasteiger partial charge in [-0.25, -0.2) is 4.68 Å². The van der Waals surface area contributed by atoms with Crippen molar-refractivity contribution in [2.45, 2.75) is 26.4 Å². The summed E-state index contributed by atoms with van der Waals surface area (Å²) in [5, 5.41) is 7.14.